The number of nitrogens with zero attached hydrogens (tertiary/aromatic N) is 2. The van der Waals surface area contributed by atoms with Crippen LogP contribution in [0.15, 0.2) is 54.6 Å². The molecule has 2 aliphatic heterocycles. The third-order valence-corrected chi connectivity index (χ3v) is 7.25. The molecule has 1 atom stereocenters. The minimum Gasteiger partial charge on any atom is -0.456 e. The van der Waals surface area contributed by atoms with E-state index >= 15 is 0 Å². The highest BCUT2D eigenvalue weighted by atomic mass is 16.6. The number of aryl methyl sites for hydroxylation is 1. The number of fused-ring (bicyclic) bond motifs is 6. The van der Waals surface area contributed by atoms with Gasteiger partial charge in [0.05, 0.1) is 5.56 Å². The van der Waals surface area contributed by atoms with Crippen LogP contribution in [-0.4, -0.2) is 32.1 Å². The number of benzene rings is 3. The molecule has 1 unspecified atom stereocenters. The van der Waals surface area contributed by atoms with Gasteiger partial charge < -0.3 is 19.3 Å². The van der Waals surface area contributed by atoms with E-state index in [1.807, 2.05) is 24.3 Å². The molecule has 0 bridgehead atoms. The van der Waals surface area contributed by atoms with Gasteiger partial charge in [-0.3, -0.25) is 0 Å². The van der Waals surface area contributed by atoms with E-state index in [0.717, 1.165) is 71.3 Å². The molecule has 34 heavy (non-hydrogen) atoms. The molecule has 5 rings (SSSR count). The molecule has 0 fully saturated rings. The highest BCUT2D eigenvalue weighted by Gasteiger charge is 2.53. The van der Waals surface area contributed by atoms with Crippen LogP contribution in [0.1, 0.15) is 60.3 Å². The Kier molecular flexibility index (Phi) is 5.51. The maximum Gasteiger partial charge on any atom is 0.340 e. The molecule has 0 N–H and O–H groups in total. The Balaban J connectivity index is 1.80. The highest BCUT2D eigenvalue weighted by Crippen LogP contribution is 2.57. The van der Waals surface area contributed by atoms with Crippen molar-refractivity contribution < 1.29 is 14.3 Å². The summed E-state index contributed by atoms with van der Waals surface area (Å²) in [5.74, 6) is 1.17. The standard InChI is InChI=1S/C29H32N2O3/c1-6-30(7-2)20-14-15-23-27(17-20)33-26-16-19(5)25(31(8-3)9-4)18-24(26)29(23)22-13-11-10-12-21(22)28(32)34-29/h10-18H,6-9H2,1-5H3. The molecular formula is C29H32N2O3. The van der Waals surface area contributed by atoms with Gasteiger partial charge in [-0.15, -0.1) is 0 Å². The van der Waals surface area contributed by atoms with Crippen LogP contribution in [0.5, 0.6) is 11.5 Å². The van der Waals surface area contributed by atoms with Crippen molar-refractivity contribution >= 4 is 17.3 Å². The van der Waals surface area contributed by atoms with Gasteiger partial charge in [-0.25, -0.2) is 4.79 Å². The van der Waals surface area contributed by atoms with E-state index in [1.54, 1.807) is 0 Å². The topological polar surface area (TPSA) is 42.0 Å². The minimum atomic E-state index is -1.03. The average Bonchev–Trinajstić information content (AvgIpc) is 3.14. The Hall–Kier alpha value is -3.47. The van der Waals surface area contributed by atoms with Crippen molar-refractivity contribution in [1.82, 2.24) is 0 Å². The molecule has 0 saturated heterocycles. The summed E-state index contributed by atoms with van der Waals surface area (Å²) in [4.78, 5) is 17.8. The molecule has 0 amide bonds. The number of anilines is 2. The van der Waals surface area contributed by atoms with Crippen LogP contribution >= 0.6 is 0 Å². The number of carbonyl (C=O) groups is 1. The predicted octanol–water partition coefficient (Wildman–Crippen LogP) is 6.26. The van der Waals surface area contributed by atoms with E-state index in [0.29, 0.717) is 5.56 Å². The van der Waals surface area contributed by atoms with Crippen LogP contribution in [0.4, 0.5) is 11.4 Å². The second-order valence-corrected chi connectivity index (χ2v) is 8.88. The Morgan fingerprint density at radius 1 is 0.765 bits per heavy atom. The number of carbonyl (C=O) groups excluding carboxylic acids is 1. The molecule has 0 aliphatic carbocycles. The van der Waals surface area contributed by atoms with Crippen molar-refractivity contribution in [3.63, 3.8) is 0 Å². The zero-order valence-corrected chi connectivity index (χ0v) is 20.6. The summed E-state index contributed by atoms with van der Waals surface area (Å²) in [5.41, 5.74) is 5.55. The summed E-state index contributed by atoms with van der Waals surface area (Å²) in [6, 6.07) is 18.2. The first kappa shape index (κ1) is 22.3. The molecule has 2 aliphatic rings. The maximum atomic E-state index is 13.1. The monoisotopic (exact) mass is 456 g/mol. The highest BCUT2D eigenvalue weighted by molar-refractivity contribution is 5.97. The molecule has 3 aromatic carbocycles. The first-order chi connectivity index (χ1) is 16.5. The lowest BCUT2D eigenvalue weighted by Gasteiger charge is -2.38. The number of hydrogen-bond donors (Lipinski definition) is 0. The summed E-state index contributed by atoms with van der Waals surface area (Å²) in [6.07, 6.45) is 0. The first-order valence-corrected chi connectivity index (χ1v) is 12.3. The molecule has 5 nitrogen and oxygen atoms in total. The van der Waals surface area contributed by atoms with E-state index in [2.05, 4.69) is 74.8 Å². The van der Waals surface area contributed by atoms with Crippen LogP contribution < -0.4 is 14.5 Å². The number of rotatable bonds is 6. The molecule has 1 spiro atoms. The van der Waals surface area contributed by atoms with Gasteiger partial charge in [0, 0.05) is 60.3 Å². The first-order valence-electron chi connectivity index (χ1n) is 12.3. The average molecular weight is 457 g/mol. The summed E-state index contributed by atoms with van der Waals surface area (Å²) in [5, 5.41) is 0. The van der Waals surface area contributed by atoms with Gasteiger partial charge in [0.15, 0.2) is 5.60 Å². The fourth-order valence-electron chi connectivity index (χ4n) is 5.49. The number of esters is 1. The van der Waals surface area contributed by atoms with Crippen molar-refractivity contribution in [3.05, 3.63) is 82.4 Å². The van der Waals surface area contributed by atoms with E-state index in [1.165, 1.54) is 0 Å². The Morgan fingerprint density at radius 3 is 2.15 bits per heavy atom. The van der Waals surface area contributed by atoms with Crippen molar-refractivity contribution in [2.24, 2.45) is 0 Å². The molecule has 0 saturated carbocycles. The van der Waals surface area contributed by atoms with Crippen molar-refractivity contribution in [2.45, 2.75) is 40.2 Å². The molecule has 176 valence electrons. The van der Waals surface area contributed by atoms with E-state index < -0.39 is 5.60 Å². The Morgan fingerprint density at radius 2 is 1.44 bits per heavy atom. The van der Waals surface area contributed by atoms with E-state index in [4.69, 9.17) is 9.47 Å². The van der Waals surface area contributed by atoms with Crippen molar-refractivity contribution in [2.75, 3.05) is 36.0 Å². The summed E-state index contributed by atoms with van der Waals surface area (Å²) >= 11 is 0. The van der Waals surface area contributed by atoms with Gasteiger partial charge in [0.25, 0.3) is 0 Å². The van der Waals surface area contributed by atoms with Crippen LogP contribution in [0, 0.1) is 6.92 Å². The second kappa shape index (κ2) is 8.39. The fraction of sp³-hybridized carbons (Fsp3) is 0.345. The third kappa shape index (κ3) is 3.10. The molecule has 3 aromatic rings. The normalized spacial score (nSPS) is 17.5. The third-order valence-electron chi connectivity index (χ3n) is 7.25. The molecular weight excluding hydrogens is 424 g/mol. The summed E-state index contributed by atoms with van der Waals surface area (Å²) in [7, 11) is 0. The minimum absolute atomic E-state index is 0.299. The Bertz CT molecular complexity index is 1260. The predicted molar refractivity (Wildman–Crippen MR) is 137 cm³/mol. The van der Waals surface area contributed by atoms with Gasteiger partial charge in [0.2, 0.25) is 0 Å². The van der Waals surface area contributed by atoms with Gasteiger partial charge in [-0.2, -0.15) is 0 Å². The second-order valence-electron chi connectivity index (χ2n) is 8.88. The lowest BCUT2D eigenvalue weighted by molar-refractivity contribution is 0.0224. The van der Waals surface area contributed by atoms with Crippen LogP contribution in [-0.2, 0) is 10.3 Å². The van der Waals surface area contributed by atoms with Crippen LogP contribution in [0.25, 0.3) is 0 Å². The number of ether oxygens (including phenoxy) is 2. The van der Waals surface area contributed by atoms with E-state index in [-0.39, 0.29) is 5.97 Å². The van der Waals surface area contributed by atoms with Gasteiger partial charge in [-0.1, -0.05) is 18.2 Å². The Labute approximate surface area is 201 Å². The molecule has 0 radical (unpaired) electrons. The lowest BCUT2D eigenvalue weighted by Crippen LogP contribution is -2.34. The quantitative estimate of drug-likeness (QED) is 0.410. The van der Waals surface area contributed by atoms with Gasteiger partial charge >= 0.3 is 5.97 Å². The van der Waals surface area contributed by atoms with Gasteiger partial charge in [-0.05, 0) is 70.5 Å². The molecule has 5 heteroatoms. The smallest absolute Gasteiger partial charge is 0.340 e. The zero-order chi connectivity index (χ0) is 24.0. The van der Waals surface area contributed by atoms with Crippen molar-refractivity contribution in [3.8, 4) is 11.5 Å². The molecule has 0 aromatic heterocycles. The van der Waals surface area contributed by atoms with Crippen LogP contribution in [0.3, 0.4) is 0 Å². The fourth-order valence-corrected chi connectivity index (χ4v) is 5.49. The zero-order valence-electron chi connectivity index (χ0n) is 20.6. The van der Waals surface area contributed by atoms with Crippen LogP contribution in [0.2, 0.25) is 0 Å². The van der Waals surface area contributed by atoms with Gasteiger partial charge in [0.1, 0.15) is 11.5 Å². The maximum absolute atomic E-state index is 13.1. The SMILES string of the molecule is CCN(CC)c1ccc2c(c1)Oc1cc(C)c(N(CC)CC)cc1C21OC(=O)c2ccccc21. The largest absolute Gasteiger partial charge is 0.456 e. The van der Waals surface area contributed by atoms with E-state index in [9.17, 15) is 4.79 Å². The lowest BCUT2D eigenvalue weighted by atomic mass is 9.77. The number of hydrogen-bond acceptors (Lipinski definition) is 5. The summed E-state index contributed by atoms with van der Waals surface area (Å²) in [6.45, 7) is 14.3. The summed E-state index contributed by atoms with van der Waals surface area (Å²) < 4.78 is 12.9. The molecule has 2 heterocycles. The van der Waals surface area contributed by atoms with Crippen molar-refractivity contribution in [1.29, 1.82) is 0 Å².